The fraction of sp³-hybridized carbons (Fsp3) is 0.500. The summed E-state index contributed by atoms with van der Waals surface area (Å²) in [7, 11) is 1.58. The molecule has 0 unspecified atom stereocenters. The summed E-state index contributed by atoms with van der Waals surface area (Å²) in [5, 5.41) is 4.22. The predicted molar refractivity (Wildman–Crippen MR) is 70.0 cm³/mol. The number of hydrogen-bond donors (Lipinski definition) is 0. The van der Waals surface area contributed by atoms with E-state index < -0.39 is 0 Å². The molecule has 19 heavy (non-hydrogen) atoms. The Balaban J connectivity index is 2.12. The van der Waals surface area contributed by atoms with Crippen LogP contribution in [0.4, 0.5) is 0 Å². The Morgan fingerprint density at radius 1 is 1.37 bits per heavy atom. The minimum absolute atomic E-state index is 0.392. The van der Waals surface area contributed by atoms with E-state index >= 15 is 0 Å². The zero-order chi connectivity index (χ0) is 13.4. The topological polar surface area (TPSA) is 61.0 Å². The van der Waals surface area contributed by atoms with Crippen LogP contribution < -0.4 is 4.74 Å². The second kappa shape index (κ2) is 4.64. The summed E-state index contributed by atoms with van der Waals surface area (Å²) < 4.78 is 10.6. The third-order valence-corrected chi connectivity index (χ3v) is 3.32. The van der Waals surface area contributed by atoms with E-state index in [0.717, 1.165) is 47.5 Å². The summed E-state index contributed by atoms with van der Waals surface area (Å²) in [5.74, 6) is 1.47. The molecule has 3 rings (SSSR count). The average molecular weight is 259 g/mol. The van der Waals surface area contributed by atoms with Crippen LogP contribution in [0, 0.1) is 5.92 Å². The predicted octanol–water partition coefficient (Wildman–Crippen LogP) is 2.44. The lowest BCUT2D eigenvalue weighted by Gasteiger charge is -2.15. The van der Waals surface area contributed by atoms with Crippen LogP contribution in [0.1, 0.15) is 30.9 Å². The van der Waals surface area contributed by atoms with Crippen LogP contribution in [0.25, 0.3) is 11.3 Å². The van der Waals surface area contributed by atoms with Crippen molar-refractivity contribution >= 4 is 0 Å². The van der Waals surface area contributed by atoms with E-state index in [9.17, 15) is 0 Å². The molecule has 0 aliphatic heterocycles. The van der Waals surface area contributed by atoms with Crippen molar-refractivity contribution in [1.29, 1.82) is 0 Å². The van der Waals surface area contributed by atoms with Gasteiger partial charge in [0.2, 0.25) is 0 Å². The standard InChI is InChI=1S/C14H17N3O2/c1-8(2)6-10-12-11(19-17-10)5-4-9-7-15-14(18-3)16-13(9)12/h7-8H,4-6H2,1-3H3. The third-order valence-electron chi connectivity index (χ3n) is 3.32. The zero-order valence-electron chi connectivity index (χ0n) is 11.4. The van der Waals surface area contributed by atoms with Crippen molar-refractivity contribution in [2.45, 2.75) is 33.1 Å². The first-order valence-electron chi connectivity index (χ1n) is 6.56. The van der Waals surface area contributed by atoms with Gasteiger partial charge in [0.1, 0.15) is 5.76 Å². The van der Waals surface area contributed by atoms with Crippen molar-refractivity contribution in [1.82, 2.24) is 15.1 Å². The van der Waals surface area contributed by atoms with Gasteiger partial charge in [0.25, 0.3) is 0 Å². The Kier molecular flexibility index (Phi) is 2.97. The van der Waals surface area contributed by atoms with Crippen LogP contribution in [0.15, 0.2) is 10.7 Å². The quantitative estimate of drug-likeness (QED) is 0.847. The average Bonchev–Trinajstić information content (AvgIpc) is 2.81. The first-order valence-corrected chi connectivity index (χ1v) is 6.56. The van der Waals surface area contributed by atoms with Crippen molar-refractivity contribution in [3.05, 3.63) is 23.2 Å². The highest BCUT2D eigenvalue weighted by Crippen LogP contribution is 2.35. The molecule has 0 spiro atoms. The Morgan fingerprint density at radius 2 is 2.21 bits per heavy atom. The highest BCUT2D eigenvalue weighted by Gasteiger charge is 2.26. The summed E-state index contributed by atoms with van der Waals surface area (Å²) >= 11 is 0. The van der Waals surface area contributed by atoms with E-state index in [2.05, 4.69) is 29.0 Å². The lowest BCUT2D eigenvalue weighted by atomic mass is 9.92. The van der Waals surface area contributed by atoms with Crippen LogP contribution in [0.5, 0.6) is 6.01 Å². The number of aromatic nitrogens is 3. The van der Waals surface area contributed by atoms with Crippen molar-refractivity contribution in [2.75, 3.05) is 7.11 Å². The zero-order valence-corrected chi connectivity index (χ0v) is 11.4. The molecule has 2 aromatic rings. The number of ether oxygens (including phenoxy) is 1. The van der Waals surface area contributed by atoms with E-state index in [0.29, 0.717) is 11.9 Å². The lowest BCUT2D eigenvalue weighted by molar-refractivity contribution is 0.371. The third kappa shape index (κ3) is 2.09. The van der Waals surface area contributed by atoms with Crippen LogP contribution in [0.3, 0.4) is 0 Å². The highest BCUT2D eigenvalue weighted by molar-refractivity contribution is 5.69. The Hall–Kier alpha value is -1.91. The number of nitrogens with zero attached hydrogens (tertiary/aromatic N) is 3. The first kappa shape index (κ1) is 12.1. The summed E-state index contributed by atoms with van der Waals surface area (Å²) in [6.07, 6.45) is 4.49. The molecule has 1 aliphatic carbocycles. The van der Waals surface area contributed by atoms with Gasteiger partial charge in [-0.25, -0.2) is 4.98 Å². The Bertz CT molecular complexity index is 605. The Morgan fingerprint density at radius 3 is 2.95 bits per heavy atom. The SMILES string of the molecule is COc1ncc2c(n1)-c1c(CC(C)C)noc1CC2. The molecule has 0 N–H and O–H groups in total. The van der Waals surface area contributed by atoms with Gasteiger partial charge in [-0.3, -0.25) is 0 Å². The minimum atomic E-state index is 0.392. The monoisotopic (exact) mass is 259 g/mol. The normalized spacial score (nSPS) is 13.3. The molecule has 0 aromatic carbocycles. The molecule has 2 aromatic heterocycles. The van der Waals surface area contributed by atoms with Gasteiger partial charge in [0.15, 0.2) is 0 Å². The summed E-state index contributed by atoms with van der Waals surface area (Å²) in [4.78, 5) is 8.65. The molecule has 0 amide bonds. The van der Waals surface area contributed by atoms with Crippen LogP contribution >= 0.6 is 0 Å². The summed E-state index contributed by atoms with van der Waals surface area (Å²) in [5.41, 5.74) is 4.11. The van der Waals surface area contributed by atoms with Gasteiger partial charge in [-0.15, -0.1) is 0 Å². The first-order chi connectivity index (χ1) is 9.19. The van der Waals surface area contributed by atoms with E-state index in [1.807, 2.05) is 6.20 Å². The van der Waals surface area contributed by atoms with E-state index in [-0.39, 0.29) is 0 Å². The smallest absolute Gasteiger partial charge is 0.316 e. The second-order valence-electron chi connectivity index (χ2n) is 5.26. The second-order valence-corrected chi connectivity index (χ2v) is 5.26. The molecule has 0 saturated heterocycles. The van der Waals surface area contributed by atoms with Crippen molar-refractivity contribution in [3.63, 3.8) is 0 Å². The molecule has 0 atom stereocenters. The van der Waals surface area contributed by atoms with Crippen LogP contribution in [-0.4, -0.2) is 22.2 Å². The maximum Gasteiger partial charge on any atom is 0.316 e. The van der Waals surface area contributed by atoms with Gasteiger partial charge < -0.3 is 9.26 Å². The van der Waals surface area contributed by atoms with Gasteiger partial charge >= 0.3 is 6.01 Å². The van der Waals surface area contributed by atoms with Crippen LogP contribution in [0.2, 0.25) is 0 Å². The fourth-order valence-corrected chi connectivity index (χ4v) is 2.46. The van der Waals surface area contributed by atoms with Crippen molar-refractivity contribution in [2.24, 2.45) is 5.92 Å². The number of hydrogen-bond acceptors (Lipinski definition) is 5. The molecule has 5 nitrogen and oxygen atoms in total. The maximum atomic E-state index is 5.47. The highest BCUT2D eigenvalue weighted by atomic mass is 16.5. The molecule has 5 heteroatoms. The maximum absolute atomic E-state index is 5.47. The molecular weight excluding hydrogens is 242 g/mol. The van der Waals surface area contributed by atoms with Crippen molar-refractivity contribution < 1.29 is 9.26 Å². The molecule has 0 fully saturated rings. The number of aryl methyl sites for hydroxylation is 2. The number of methoxy groups -OCH3 is 1. The molecule has 100 valence electrons. The van der Waals surface area contributed by atoms with E-state index in [1.54, 1.807) is 7.11 Å². The van der Waals surface area contributed by atoms with E-state index in [4.69, 9.17) is 9.26 Å². The van der Waals surface area contributed by atoms with Gasteiger partial charge in [-0.05, 0) is 24.3 Å². The van der Waals surface area contributed by atoms with Gasteiger partial charge in [0.05, 0.1) is 24.1 Å². The minimum Gasteiger partial charge on any atom is -0.467 e. The van der Waals surface area contributed by atoms with E-state index in [1.165, 1.54) is 0 Å². The van der Waals surface area contributed by atoms with Crippen LogP contribution in [-0.2, 0) is 19.3 Å². The summed E-state index contributed by atoms with van der Waals surface area (Å²) in [6.45, 7) is 4.34. The molecule has 1 aliphatic rings. The summed E-state index contributed by atoms with van der Waals surface area (Å²) in [6, 6.07) is 0.392. The van der Waals surface area contributed by atoms with Crippen molar-refractivity contribution in [3.8, 4) is 17.3 Å². The molecule has 0 saturated carbocycles. The van der Waals surface area contributed by atoms with Gasteiger partial charge in [0, 0.05) is 12.6 Å². The largest absolute Gasteiger partial charge is 0.467 e. The number of rotatable bonds is 3. The molecule has 0 bridgehead atoms. The Labute approximate surface area is 112 Å². The number of fused-ring (bicyclic) bond motifs is 3. The molecule has 2 heterocycles. The molecule has 0 radical (unpaired) electrons. The van der Waals surface area contributed by atoms with Gasteiger partial charge in [-0.1, -0.05) is 19.0 Å². The van der Waals surface area contributed by atoms with Gasteiger partial charge in [-0.2, -0.15) is 4.98 Å². The molecular formula is C14H17N3O2. The lowest BCUT2D eigenvalue weighted by Crippen LogP contribution is -2.08. The fourth-order valence-electron chi connectivity index (χ4n) is 2.46.